The summed E-state index contributed by atoms with van der Waals surface area (Å²) in [7, 11) is 1.66. The number of nitrogens with zero attached hydrogens (tertiary/aromatic N) is 3. The van der Waals surface area contributed by atoms with Crippen LogP contribution in [0, 0.1) is 0 Å². The minimum atomic E-state index is -0.629. The highest BCUT2D eigenvalue weighted by Crippen LogP contribution is 2.32. The molecule has 3 rings (SSSR count). The fraction of sp³-hybridized carbons (Fsp3) is 0.522. The van der Waals surface area contributed by atoms with Crippen molar-refractivity contribution in [3.8, 4) is 0 Å². The Morgan fingerprint density at radius 3 is 2.50 bits per heavy atom. The van der Waals surface area contributed by atoms with Crippen LogP contribution in [0.4, 0.5) is 4.79 Å². The lowest BCUT2D eigenvalue weighted by Crippen LogP contribution is -2.49. The van der Waals surface area contributed by atoms with Crippen LogP contribution in [0.1, 0.15) is 38.3 Å². The van der Waals surface area contributed by atoms with Crippen molar-refractivity contribution in [1.82, 2.24) is 20.0 Å². The molecule has 1 aromatic rings. The predicted molar refractivity (Wildman–Crippen MR) is 122 cm³/mol. The standard InChI is InChI=1S/C23H31ClN4O4/c1-4-19(29)28-12-6-11-27(13-14-28)15-18-20(22(30)32-5-2)21(25-23(31)26(18)3)16-7-9-17(24)10-8-16/h7-10,21H,4-6,11-15H2,1-3H3,(H,25,31)/t21-/m0/s1. The molecule has 1 N–H and O–H groups in total. The molecule has 0 radical (unpaired) electrons. The minimum Gasteiger partial charge on any atom is -0.463 e. The van der Waals surface area contributed by atoms with Crippen LogP contribution >= 0.6 is 11.6 Å². The van der Waals surface area contributed by atoms with Crippen molar-refractivity contribution in [2.45, 2.75) is 32.7 Å². The van der Waals surface area contributed by atoms with Crippen LogP contribution in [-0.2, 0) is 14.3 Å². The van der Waals surface area contributed by atoms with Crippen molar-refractivity contribution < 1.29 is 19.1 Å². The van der Waals surface area contributed by atoms with Crippen LogP contribution in [0.25, 0.3) is 0 Å². The first-order valence-electron chi connectivity index (χ1n) is 11.1. The van der Waals surface area contributed by atoms with Gasteiger partial charge in [-0.15, -0.1) is 0 Å². The molecule has 2 aliphatic rings. The van der Waals surface area contributed by atoms with E-state index in [0.29, 0.717) is 42.3 Å². The highest BCUT2D eigenvalue weighted by Gasteiger charge is 2.37. The zero-order valence-corrected chi connectivity index (χ0v) is 19.7. The molecular weight excluding hydrogens is 432 g/mol. The molecule has 0 bridgehead atoms. The third-order valence-corrected chi connectivity index (χ3v) is 6.14. The monoisotopic (exact) mass is 462 g/mol. The maximum Gasteiger partial charge on any atom is 0.338 e. The molecule has 0 spiro atoms. The van der Waals surface area contributed by atoms with Crippen LogP contribution < -0.4 is 5.32 Å². The van der Waals surface area contributed by atoms with E-state index in [2.05, 4.69) is 10.2 Å². The molecular formula is C23H31ClN4O4. The maximum atomic E-state index is 13.0. The quantitative estimate of drug-likeness (QED) is 0.657. The van der Waals surface area contributed by atoms with Gasteiger partial charge in [0.05, 0.1) is 18.2 Å². The van der Waals surface area contributed by atoms with Crippen LogP contribution in [-0.4, -0.2) is 79.0 Å². The van der Waals surface area contributed by atoms with Gasteiger partial charge in [-0.2, -0.15) is 0 Å². The summed E-state index contributed by atoms with van der Waals surface area (Å²) in [6, 6.07) is 6.15. The topological polar surface area (TPSA) is 82.2 Å². The van der Waals surface area contributed by atoms with Gasteiger partial charge in [-0.3, -0.25) is 14.6 Å². The van der Waals surface area contributed by atoms with E-state index < -0.39 is 12.0 Å². The SMILES string of the molecule is CCOC(=O)C1=C(CN2CCCN(C(=O)CC)CC2)N(C)C(=O)N[C@H]1c1ccc(Cl)cc1. The Morgan fingerprint density at radius 2 is 1.84 bits per heavy atom. The molecule has 0 aromatic heterocycles. The molecule has 1 saturated heterocycles. The van der Waals surface area contributed by atoms with E-state index in [-0.39, 0.29) is 18.5 Å². The highest BCUT2D eigenvalue weighted by molar-refractivity contribution is 6.30. The third-order valence-electron chi connectivity index (χ3n) is 5.89. The molecule has 1 fully saturated rings. The molecule has 9 heteroatoms. The summed E-state index contributed by atoms with van der Waals surface area (Å²) in [4.78, 5) is 43.5. The van der Waals surface area contributed by atoms with Gasteiger partial charge in [0.15, 0.2) is 0 Å². The lowest BCUT2D eigenvalue weighted by molar-refractivity contribution is -0.139. The van der Waals surface area contributed by atoms with Gasteiger partial charge in [0.25, 0.3) is 0 Å². The number of hydrogen-bond acceptors (Lipinski definition) is 5. The van der Waals surface area contributed by atoms with E-state index in [1.54, 1.807) is 38.2 Å². The minimum absolute atomic E-state index is 0.148. The molecule has 1 aromatic carbocycles. The fourth-order valence-corrected chi connectivity index (χ4v) is 4.24. The van der Waals surface area contributed by atoms with E-state index in [1.165, 1.54) is 4.90 Å². The van der Waals surface area contributed by atoms with Crippen molar-refractivity contribution in [3.63, 3.8) is 0 Å². The zero-order chi connectivity index (χ0) is 23.3. The summed E-state index contributed by atoms with van der Waals surface area (Å²) in [5.74, 6) is -0.304. The average Bonchev–Trinajstić information content (AvgIpc) is 3.02. The van der Waals surface area contributed by atoms with Crippen LogP contribution in [0.2, 0.25) is 5.02 Å². The van der Waals surface area contributed by atoms with Gasteiger partial charge in [0.1, 0.15) is 0 Å². The Morgan fingerprint density at radius 1 is 1.12 bits per heavy atom. The van der Waals surface area contributed by atoms with E-state index in [0.717, 1.165) is 25.1 Å². The maximum absolute atomic E-state index is 13.0. The number of benzene rings is 1. The van der Waals surface area contributed by atoms with Gasteiger partial charge >= 0.3 is 12.0 Å². The first kappa shape index (κ1) is 24.1. The van der Waals surface area contributed by atoms with Crippen molar-refractivity contribution >= 4 is 29.5 Å². The van der Waals surface area contributed by atoms with Crippen LogP contribution in [0.15, 0.2) is 35.5 Å². The molecule has 0 saturated carbocycles. The Bertz CT molecular complexity index is 886. The molecule has 2 aliphatic heterocycles. The Balaban J connectivity index is 1.94. The zero-order valence-electron chi connectivity index (χ0n) is 18.9. The van der Waals surface area contributed by atoms with Gasteiger partial charge in [0.2, 0.25) is 5.91 Å². The summed E-state index contributed by atoms with van der Waals surface area (Å²) in [5.41, 5.74) is 1.79. The van der Waals surface area contributed by atoms with Crippen molar-refractivity contribution in [2.24, 2.45) is 0 Å². The number of rotatable bonds is 6. The van der Waals surface area contributed by atoms with Crippen LogP contribution in [0.5, 0.6) is 0 Å². The van der Waals surface area contributed by atoms with Crippen LogP contribution in [0.3, 0.4) is 0 Å². The molecule has 3 amide bonds. The third kappa shape index (κ3) is 5.42. The van der Waals surface area contributed by atoms with Gasteiger partial charge in [-0.1, -0.05) is 30.7 Å². The van der Waals surface area contributed by atoms with E-state index in [4.69, 9.17) is 16.3 Å². The van der Waals surface area contributed by atoms with Gasteiger partial charge in [0, 0.05) is 56.9 Å². The number of urea groups is 1. The molecule has 32 heavy (non-hydrogen) atoms. The Kier molecular flexibility index (Phi) is 8.15. The number of carbonyl (C=O) groups is 3. The summed E-state index contributed by atoms with van der Waals surface area (Å²) in [6.07, 6.45) is 1.33. The first-order valence-corrected chi connectivity index (χ1v) is 11.4. The number of nitrogens with one attached hydrogen (secondary N) is 1. The van der Waals surface area contributed by atoms with E-state index >= 15 is 0 Å². The predicted octanol–water partition coefficient (Wildman–Crippen LogP) is 2.80. The Labute approximate surface area is 194 Å². The Hall–Kier alpha value is -2.58. The number of amides is 3. The normalized spacial score (nSPS) is 20.1. The summed E-state index contributed by atoms with van der Waals surface area (Å²) < 4.78 is 5.38. The number of carbonyl (C=O) groups excluding carboxylic acids is 3. The smallest absolute Gasteiger partial charge is 0.338 e. The second-order valence-electron chi connectivity index (χ2n) is 7.94. The lowest BCUT2D eigenvalue weighted by Gasteiger charge is -2.36. The lowest BCUT2D eigenvalue weighted by atomic mass is 9.94. The molecule has 8 nitrogen and oxygen atoms in total. The molecule has 2 heterocycles. The van der Waals surface area contributed by atoms with Gasteiger partial charge in [-0.25, -0.2) is 9.59 Å². The van der Waals surface area contributed by atoms with Crippen molar-refractivity contribution in [1.29, 1.82) is 0 Å². The second-order valence-corrected chi connectivity index (χ2v) is 8.37. The fourth-order valence-electron chi connectivity index (χ4n) is 4.12. The highest BCUT2D eigenvalue weighted by atomic mass is 35.5. The molecule has 0 aliphatic carbocycles. The van der Waals surface area contributed by atoms with E-state index in [1.807, 2.05) is 11.8 Å². The summed E-state index contributed by atoms with van der Waals surface area (Å²) >= 11 is 6.03. The average molecular weight is 463 g/mol. The second kappa shape index (κ2) is 10.8. The first-order chi connectivity index (χ1) is 15.3. The number of halogens is 1. The summed E-state index contributed by atoms with van der Waals surface area (Å²) in [6.45, 7) is 7.07. The number of ether oxygens (including phenoxy) is 1. The molecule has 1 atom stereocenters. The van der Waals surface area contributed by atoms with Crippen molar-refractivity contribution in [2.75, 3.05) is 46.4 Å². The molecule has 174 valence electrons. The van der Waals surface area contributed by atoms with E-state index in [9.17, 15) is 14.4 Å². The van der Waals surface area contributed by atoms with Gasteiger partial charge in [-0.05, 0) is 31.0 Å². The number of hydrogen-bond donors (Lipinski definition) is 1. The number of esters is 1. The number of likely N-dealkylation sites (N-methyl/N-ethyl adjacent to an activating group) is 1. The van der Waals surface area contributed by atoms with Crippen molar-refractivity contribution in [3.05, 3.63) is 46.1 Å². The van der Waals surface area contributed by atoms with Gasteiger partial charge < -0.3 is 15.0 Å². The molecule has 0 unspecified atom stereocenters. The summed E-state index contributed by atoms with van der Waals surface area (Å²) in [5, 5.41) is 3.49. The largest absolute Gasteiger partial charge is 0.463 e.